The van der Waals surface area contributed by atoms with Gasteiger partial charge in [0, 0.05) is 31.8 Å². The van der Waals surface area contributed by atoms with Gasteiger partial charge in [0.2, 0.25) is 5.88 Å². The summed E-state index contributed by atoms with van der Waals surface area (Å²) in [6, 6.07) is 15.9. The molecule has 2 aromatic heterocycles. The number of pyridine rings is 1. The van der Waals surface area contributed by atoms with Crippen LogP contribution < -0.4 is 9.47 Å². The first-order valence-corrected chi connectivity index (χ1v) is 16.5. The summed E-state index contributed by atoms with van der Waals surface area (Å²) in [5, 5.41) is 19.4. The largest absolute Gasteiger partial charge is 0.489 e. The summed E-state index contributed by atoms with van der Waals surface area (Å²) in [6.45, 7) is 1.93. The molecule has 7 rings (SSSR count). The van der Waals surface area contributed by atoms with Crippen LogP contribution in [0.25, 0.3) is 22.3 Å². The molecule has 1 atom stereocenters. The third-order valence-corrected chi connectivity index (χ3v) is 9.07. The summed E-state index contributed by atoms with van der Waals surface area (Å²) in [4.78, 5) is 21.4. The molecule has 0 amide bonds. The molecule has 4 heterocycles. The number of halogens is 2. The molecule has 51 heavy (non-hydrogen) atoms. The summed E-state index contributed by atoms with van der Waals surface area (Å²) in [5.74, 6) is -1.60. The van der Waals surface area contributed by atoms with E-state index >= 15 is 8.78 Å². The summed E-state index contributed by atoms with van der Waals surface area (Å²) >= 11 is 0. The SMILES string of the molecule is COCCOc1cc(C(=O)O)cc2c1nc(Cc1cc(F)c3cc1COCCc1cc(C#N)ccc1COc1ccc(F)c-3n1)n2C[C@@H]1CCO1. The van der Waals surface area contributed by atoms with Crippen molar-refractivity contribution in [1.29, 1.82) is 5.26 Å². The summed E-state index contributed by atoms with van der Waals surface area (Å²) in [5.41, 5.74) is 4.07. The van der Waals surface area contributed by atoms with Crippen molar-refractivity contribution >= 4 is 17.0 Å². The van der Waals surface area contributed by atoms with Crippen LogP contribution >= 0.6 is 0 Å². The fourth-order valence-electron chi connectivity index (χ4n) is 6.27. The number of methoxy groups -OCH3 is 1. The van der Waals surface area contributed by atoms with Crippen molar-refractivity contribution in [3.8, 4) is 29.0 Å². The van der Waals surface area contributed by atoms with Crippen LogP contribution in [0.15, 0.2) is 54.6 Å². The average molecular weight is 697 g/mol. The lowest BCUT2D eigenvalue weighted by atomic mass is 9.98. The highest BCUT2D eigenvalue weighted by atomic mass is 19.1. The first kappa shape index (κ1) is 34.0. The fraction of sp³-hybridized carbons (Fsp3) is 0.316. The standard InChI is InChI=1S/C38H34F2N4O7/c1-47-10-11-50-33-16-26(38(45)46)15-32-37(33)42-34(44(32)19-28-7-9-49-28)17-25-14-31(40)29-13-27(25)20-48-8-6-23-12-22(18-41)2-3-24(23)21-51-35-5-4-30(39)36(29)43-35/h2-5,12-16,28H,6-11,17,19-21H2,1H3,(H,45,46)/t28-/m0/s1. The molecule has 2 aliphatic heterocycles. The molecule has 3 aromatic carbocycles. The van der Waals surface area contributed by atoms with Gasteiger partial charge in [-0.1, -0.05) is 6.07 Å². The maximum Gasteiger partial charge on any atom is 0.335 e. The van der Waals surface area contributed by atoms with Gasteiger partial charge in [0.1, 0.15) is 47.6 Å². The van der Waals surface area contributed by atoms with Crippen molar-refractivity contribution < 1.29 is 42.4 Å². The van der Waals surface area contributed by atoms with Gasteiger partial charge in [0.05, 0.1) is 55.2 Å². The molecule has 1 saturated heterocycles. The van der Waals surface area contributed by atoms with E-state index in [0.29, 0.717) is 53.1 Å². The Kier molecular flexibility index (Phi) is 9.90. The lowest BCUT2D eigenvalue weighted by molar-refractivity contribution is -0.0589. The predicted octanol–water partition coefficient (Wildman–Crippen LogP) is 6.00. The first-order valence-electron chi connectivity index (χ1n) is 16.5. The minimum atomic E-state index is -1.12. The van der Waals surface area contributed by atoms with E-state index in [2.05, 4.69) is 11.1 Å². The molecular formula is C38H34F2N4O7. The molecule has 11 nitrogen and oxygen atoms in total. The number of rotatable bonds is 9. The summed E-state index contributed by atoms with van der Waals surface area (Å²) < 4.78 is 62.1. The number of carboxylic acids is 1. The Morgan fingerprint density at radius 2 is 1.88 bits per heavy atom. The number of aromatic nitrogens is 3. The normalized spacial score (nSPS) is 15.6. The van der Waals surface area contributed by atoms with Crippen molar-refractivity contribution in [3.63, 3.8) is 0 Å². The molecule has 0 spiro atoms. The van der Waals surface area contributed by atoms with Gasteiger partial charge in [-0.05, 0) is 77.6 Å². The Morgan fingerprint density at radius 1 is 1.02 bits per heavy atom. The zero-order chi connectivity index (χ0) is 35.5. The fourth-order valence-corrected chi connectivity index (χ4v) is 6.27. The number of ether oxygens (including phenoxy) is 5. The van der Waals surface area contributed by atoms with E-state index in [1.165, 1.54) is 37.4 Å². The monoisotopic (exact) mass is 696 g/mol. The molecule has 262 valence electrons. The van der Waals surface area contributed by atoms with Gasteiger partial charge in [0.15, 0.2) is 0 Å². The van der Waals surface area contributed by atoms with Crippen LogP contribution in [0.3, 0.4) is 0 Å². The Balaban J connectivity index is 1.31. The van der Waals surface area contributed by atoms with Crippen LogP contribution in [0, 0.1) is 23.0 Å². The highest BCUT2D eigenvalue weighted by molar-refractivity contribution is 5.95. The second-order valence-electron chi connectivity index (χ2n) is 12.4. The zero-order valence-electron chi connectivity index (χ0n) is 27.8. The second kappa shape index (κ2) is 14.8. The van der Waals surface area contributed by atoms with Crippen molar-refractivity contribution in [2.45, 2.75) is 45.1 Å². The number of imidazole rings is 1. The van der Waals surface area contributed by atoms with Crippen LogP contribution in [0.5, 0.6) is 11.6 Å². The molecule has 13 heteroatoms. The number of nitrogens with zero attached hydrogens (tertiary/aromatic N) is 4. The lowest BCUT2D eigenvalue weighted by Crippen LogP contribution is -2.31. The lowest BCUT2D eigenvalue weighted by Gasteiger charge is -2.27. The molecule has 0 saturated carbocycles. The zero-order valence-corrected chi connectivity index (χ0v) is 27.8. The van der Waals surface area contributed by atoms with Gasteiger partial charge >= 0.3 is 5.97 Å². The molecule has 1 fully saturated rings. The number of hydrogen-bond acceptors (Lipinski definition) is 9. The number of hydrogen-bond donors (Lipinski definition) is 1. The van der Waals surface area contributed by atoms with E-state index in [1.54, 1.807) is 24.3 Å². The Labute approximate surface area is 291 Å². The number of fused-ring (bicyclic) bond motifs is 7. The number of benzene rings is 3. The number of nitriles is 1. The van der Waals surface area contributed by atoms with Crippen molar-refractivity contribution in [3.05, 3.63) is 105 Å². The third kappa shape index (κ3) is 7.25. The van der Waals surface area contributed by atoms with Gasteiger partial charge in [0.25, 0.3) is 0 Å². The van der Waals surface area contributed by atoms with E-state index in [1.807, 2.05) is 4.57 Å². The topological polar surface area (TPSA) is 138 Å². The van der Waals surface area contributed by atoms with Gasteiger partial charge in [-0.25, -0.2) is 23.5 Å². The molecule has 0 aliphatic carbocycles. The molecule has 0 unspecified atom stereocenters. The van der Waals surface area contributed by atoms with Gasteiger partial charge in [-0.2, -0.15) is 5.26 Å². The molecule has 5 aromatic rings. The number of carbonyl (C=O) groups is 1. The highest BCUT2D eigenvalue weighted by Crippen LogP contribution is 2.34. The minimum absolute atomic E-state index is 0.0268. The molecular weight excluding hydrogens is 662 g/mol. The maximum absolute atomic E-state index is 16.1. The van der Waals surface area contributed by atoms with Gasteiger partial charge in [-0.15, -0.1) is 0 Å². The summed E-state index contributed by atoms with van der Waals surface area (Å²) in [7, 11) is 1.54. The predicted molar refractivity (Wildman–Crippen MR) is 180 cm³/mol. The van der Waals surface area contributed by atoms with Crippen LogP contribution in [0.4, 0.5) is 8.78 Å². The van der Waals surface area contributed by atoms with E-state index in [4.69, 9.17) is 28.7 Å². The maximum atomic E-state index is 16.1. The van der Waals surface area contributed by atoms with E-state index in [9.17, 15) is 15.2 Å². The highest BCUT2D eigenvalue weighted by Gasteiger charge is 2.26. The Bertz CT molecular complexity index is 2160. The average Bonchev–Trinajstić information content (AvgIpc) is 3.45. The third-order valence-electron chi connectivity index (χ3n) is 9.07. The van der Waals surface area contributed by atoms with Crippen molar-refractivity contribution in [2.24, 2.45) is 0 Å². The van der Waals surface area contributed by atoms with E-state index in [-0.39, 0.29) is 74.0 Å². The molecule has 0 radical (unpaired) electrons. The number of aromatic carboxylic acids is 1. The smallest absolute Gasteiger partial charge is 0.335 e. The van der Waals surface area contributed by atoms with Crippen LogP contribution in [-0.4, -0.2) is 65.3 Å². The molecule has 1 N–H and O–H groups in total. The quantitative estimate of drug-likeness (QED) is 0.183. The molecule has 2 aliphatic rings. The minimum Gasteiger partial charge on any atom is -0.489 e. The van der Waals surface area contributed by atoms with Crippen LogP contribution in [0.1, 0.15) is 50.4 Å². The van der Waals surface area contributed by atoms with Crippen LogP contribution in [-0.2, 0) is 46.8 Å². The Morgan fingerprint density at radius 3 is 2.65 bits per heavy atom. The summed E-state index contributed by atoms with van der Waals surface area (Å²) in [6.07, 6.45) is 1.32. The Hall–Kier alpha value is -5.42. The second-order valence-corrected chi connectivity index (χ2v) is 12.4. The van der Waals surface area contributed by atoms with E-state index in [0.717, 1.165) is 17.5 Å². The van der Waals surface area contributed by atoms with Crippen LogP contribution in [0.2, 0.25) is 0 Å². The first-order chi connectivity index (χ1) is 24.8. The van der Waals surface area contributed by atoms with Crippen molar-refractivity contribution in [1.82, 2.24) is 14.5 Å². The number of carboxylic acid groups (broad SMARTS) is 1. The van der Waals surface area contributed by atoms with E-state index < -0.39 is 17.6 Å². The van der Waals surface area contributed by atoms with Crippen molar-refractivity contribution in [2.75, 3.05) is 33.5 Å². The van der Waals surface area contributed by atoms with Gasteiger partial charge in [-0.3, -0.25) is 0 Å². The van der Waals surface area contributed by atoms with Gasteiger partial charge < -0.3 is 33.4 Å². The molecule has 4 bridgehead atoms.